The molecule has 9 amide bonds. The predicted octanol–water partition coefficient (Wildman–Crippen LogP) is 2.13. The zero-order valence-corrected chi connectivity index (χ0v) is 45.3. The summed E-state index contributed by atoms with van der Waals surface area (Å²) in [7, 11) is 0. The van der Waals surface area contributed by atoms with Crippen LogP contribution < -0.4 is 47.3 Å². The summed E-state index contributed by atoms with van der Waals surface area (Å²) in [5.74, 6) is -5.04. The number of nitrogens with zero attached hydrogens (tertiary/aromatic N) is 2. The van der Waals surface area contributed by atoms with Crippen molar-refractivity contribution in [2.24, 2.45) is 11.7 Å². The lowest BCUT2D eigenvalue weighted by atomic mass is 9.95. The van der Waals surface area contributed by atoms with Crippen LogP contribution in [0, 0.1) is 5.92 Å². The smallest absolute Gasteiger partial charge is 0.335 e. The quantitative estimate of drug-likeness (QED) is 0.0239. The van der Waals surface area contributed by atoms with E-state index >= 15 is 0 Å². The van der Waals surface area contributed by atoms with Gasteiger partial charge in [-0.1, -0.05) is 38.1 Å². The molecule has 0 bridgehead atoms. The van der Waals surface area contributed by atoms with Gasteiger partial charge in [0.25, 0.3) is 23.6 Å². The van der Waals surface area contributed by atoms with Crippen LogP contribution in [0.1, 0.15) is 71.9 Å². The molecule has 26 heteroatoms. The summed E-state index contributed by atoms with van der Waals surface area (Å²) in [5, 5.41) is 59.7. The lowest BCUT2D eigenvalue weighted by Gasteiger charge is -2.38. The van der Waals surface area contributed by atoms with Gasteiger partial charge in [-0.25, -0.2) is 9.59 Å². The van der Waals surface area contributed by atoms with Gasteiger partial charge in [0.05, 0.1) is 11.7 Å². The second-order valence-corrected chi connectivity index (χ2v) is 20.6. The topological polar surface area (TPSA) is 373 Å². The number of nitrogens with two attached hydrogens (primary N) is 1. The number of alkyl halides is 1. The number of urea groups is 1. The fraction of sp³-hybridized carbons (Fsp3) is 0.375. The Balaban J connectivity index is 0.885. The van der Waals surface area contributed by atoms with Crippen molar-refractivity contribution in [3.05, 3.63) is 108 Å². The minimum Gasteiger partial charge on any atom is -0.479 e. The first-order valence-corrected chi connectivity index (χ1v) is 27.0. The summed E-state index contributed by atoms with van der Waals surface area (Å²) in [4.78, 5) is 120. The number of rotatable bonds is 24. The van der Waals surface area contributed by atoms with E-state index in [-0.39, 0.29) is 99.0 Å². The lowest BCUT2D eigenvalue weighted by Crippen LogP contribution is -2.61. The number of amides is 9. The Bertz CT molecular complexity index is 3280. The third-order valence-electron chi connectivity index (χ3n) is 14.2. The summed E-state index contributed by atoms with van der Waals surface area (Å²) < 4.78 is 11.5. The van der Waals surface area contributed by atoms with Crippen molar-refractivity contribution in [1.29, 1.82) is 0 Å². The molecule has 4 heterocycles. The number of aromatic nitrogens is 1. The number of aromatic amines is 1. The fourth-order valence-electron chi connectivity index (χ4n) is 9.96. The maximum Gasteiger partial charge on any atom is 0.335 e. The van der Waals surface area contributed by atoms with E-state index in [1.54, 1.807) is 48.5 Å². The molecule has 0 saturated carbocycles. The van der Waals surface area contributed by atoms with Crippen LogP contribution in [0.4, 0.5) is 21.9 Å². The van der Waals surface area contributed by atoms with Crippen LogP contribution in [0.5, 0.6) is 5.75 Å². The first kappa shape index (κ1) is 59.7. The number of carboxylic acid groups (broad SMARTS) is 1. The number of aliphatic hydroxyl groups excluding tert-OH is 3. The number of benzene rings is 4. The van der Waals surface area contributed by atoms with Crippen LogP contribution in [0.2, 0.25) is 0 Å². The number of carbonyl (C=O) groups excluding carboxylic acids is 8. The van der Waals surface area contributed by atoms with E-state index in [2.05, 4.69) is 36.9 Å². The van der Waals surface area contributed by atoms with Crippen molar-refractivity contribution in [3.8, 4) is 5.75 Å². The Kier molecular flexibility index (Phi) is 19.2. The van der Waals surface area contributed by atoms with Crippen molar-refractivity contribution in [2.45, 2.75) is 88.2 Å². The average molecular weight is 1150 g/mol. The summed E-state index contributed by atoms with van der Waals surface area (Å²) in [6.07, 6.45) is -6.19. The normalized spacial score (nSPS) is 20.1. The number of carbonyl (C=O) groups is 9. The van der Waals surface area contributed by atoms with E-state index < -0.39 is 90.2 Å². The molecule has 0 spiro atoms. The molecule has 434 valence electrons. The maximum absolute atomic E-state index is 14.5. The number of ether oxygens (including phenoxy) is 2. The standard InChI is InChI=1S/C56H63ClN10O15/c1-28(2)45(60-21-20-59-41(68)10-6-22-66-42(69)17-18-43(66)70)52(76)65-37(9-5-19-61-56(58)80)51(75)62-32-13-11-29(12-14-32)50(74)63-33-15-16-36-30(23-33)24-38(64-36)53(77)67-27-31(26-57)44-35-8-4-3-7-34(35)40(25-39(44)67)81-55-48(73)46(71)47(72)49(82-55)54(78)79/h3-4,7-8,11-18,23-25,28,31,37,45-49,55,60,64,71-73H,5-6,9-10,19-22,26-27H2,1-2H3,(H,59,68)(H,62,75)(H,63,74)(H,65,76)(H,78,79)(H3,58,61,80)/t31-,37+,45+,46?,47+,48-,49?,55+/m1/s1. The molecule has 2 unspecified atom stereocenters. The van der Waals surface area contributed by atoms with E-state index in [1.807, 2.05) is 19.9 Å². The van der Waals surface area contributed by atoms with Crippen molar-refractivity contribution in [2.75, 3.05) is 54.1 Å². The number of hydrogen-bond acceptors (Lipinski definition) is 15. The number of nitrogens with one attached hydrogen (secondary N) is 7. The highest BCUT2D eigenvalue weighted by Crippen LogP contribution is 2.47. The summed E-state index contributed by atoms with van der Waals surface area (Å²) in [6, 6.07) is 18.7. The van der Waals surface area contributed by atoms with E-state index in [0.29, 0.717) is 38.7 Å². The summed E-state index contributed by atoms with van der Waals surface area (Å²) in [6.45, 7) is 4.41. The van der Waals surface area contributed by atoms with Gasteiger partial charge >= 0.3 is 12.0 Å². The Morgan fingerprint density at radius 3 is 2.21 bits per heavy atom. The molecule has 5 aromatic rings. The molecule has 1 fully saturated rings. The van der Waals surface area contributed by atoms with Crippen molar-refractivity contribution < 1.29 is 73.1 Å². The molecule has 13 N–H and O–H groups in total. The predicted molar refractivity (Wildman–Crippen MR) is 299 cm³/mol. The molecule has 3 aliphatic heterocycles. The van der Waals surface area contributed by atoms with E-state index in [4.69, 9.17) is 26.8 Å². The second-order valence-electron chi connectivity index (χ2n) is 20.3. The highest BCUT2D eigenvalue weighted by Gasteiger charge is 2.48. The van der Waals surface area contributed by atoms with Crippen LogP contribution in [-0.2, 0) is 33.5 Å². The fourth-order valence-corrected chi connectivity index (χ4v) is 10.2. The van der Waals surface area contributed by atoms with Crippen LogP contribution in [0.15, 0.2) is 91.0 Å². The van der Waals surface area contributed by atoms with Gasteiger partial charge in [-0.15, -0.1) is 11.6 Å². The van der Waals surface area contributed by atoms with Gasteiger partial charge in [0.2, 0.25) is 24.0 Å². The third kappa shape index (κ3) is 13.8. The Morgan fingerprint density at radius 2 is 1.52 bits per heavy atom. The van der Waals surface area contributed by atoms with Gasteiger partial charge < -0.3 is 77.4 Å². The number of hydrogen-bond donors (Lipinski definition) is 12. The number of H-pyrrole nitrogens is 1. The molecule has 1 aromatic heterocycles. The molecule has 8 rings (SSSR count). The molecular formula is C56H63ClN10O15. The van der Waals surface area contributed by atoms with Gasteiger partial charge in [0.15, 0.2) is 6.10 Å². The Morgan fingerprint density at radius 1 is 0.817 bits per heavy atom. The van der Waals surface area contributed by atoms with Crippen molar-refractivity contribution in [3.63, 3.8) is 0 Å². The second kappa shape index (κ2) is 26.4. The van der Waals surface area contributed by atoms with Gasteiger partial charge in [0, 0.05) is 102 Å². The van der Waals surface area contributed by atoms with Crippen LogP contribution >= 0.6 is 11.6 Å². The average Bonchev–Trinajstić information content (AvgIpc) is 2.74. The van der Waals surface area contributed by atoms with E-state index in [1.165, 1.54) is 41.3 Å². The number of halogens is 1. The molecule has 0 radical (unpaired) electrons. The van der Waals surface area contributed by atoms with Crippen molar-refractivity contribution >= 4 is 104 Å². The van der Waals surface area contributed by atoms with Crippen molar-refractivity contribution in [1.82, 2.24) is 31.2 Å². The zero-order valence-electron chi connectivity index (χ0n) is 44.6. The van der Waals surface area contributed by atoms with Crippen LogP contribution in [0.3, 0.4) is 0 Å². The SMILES string of the molecule is CC(C)[C@H](NCCNC(=O)CCCN1C(=O)C=CC1=O)C(=O)N[C@@H](CCCNC(N)=O)C(=O)Nc1ccc(C(=O)Nc2ccc3[nH]c(C(=O)N4C[C@@H](CCl)c5c4cc(O[C@H]4OC(C(=O)O)[C@@H](O)C(O)[C@H]4O)c4ccccc54)cc3c2)cc1. The molecule has 8 atom stereocenters. The van der Waals surface area contributed by atoms with Crippen LogP contribution in [-0.4, -0.2) is 165 Å². The summed E-state index contributed by atoms with van der Waals surface area (Å²) in [5.41, 5.74) is 8.11. The highest BCUT2D eigenvalue weighted by atomic mass is 35.5. The number of fused-ring (bicyclic) bond motifs is 4. The Labute approximate surface area is 473 Å². The Hall–Kier alpha value is -8.46. The molecule has 82 heavy (non-hydrogen) atoms. The number of primary amides is 1. The van der Waals surface area contributed by atoms with E-state index in [0.717, 1.165) is 10.5 Å². The molecule has 0 aliphatic carbocycles. The number of anilines is 3. The number of carboxylic acids is 1. The van der Waals surface area contributed by atoms with E-state index in [9.17, 15) is 63.6 Å². The van der Waals surface area contributed by atoms with Gasteiger partial charge in [-0.3, -0.25) is 38.5 Å². The summed E-state index contributed by atoms with van der Waals surface area (Å²) >= 11 is 6.52. The largest absolute Gasteiger partial charge is 0.479 e. The van der Waals surface area contributed by atoms with Gasteiger partial charge in [0.1, 0.15) is 35.8 Å². The minimum absolute atomic E-state index is 0.0778. The molecule has 1 saturated heterocycles. The maximum atomic E-state index is 14.5. The first-order valence-electron chi connectivity index (χ1n) is 26.5. The lowest BCUT2D eigenvalue weighted by molar-refractivity contribution is -0.270. The highest BCUT2D eigenvalue weighted by molar-refractivity contribution is 6.19. The zero-order chi connectivity index (χ0) is 58.9. The van der Waals surface area contributed by atoms with Crippen LogP contribution in [0.25, 0.3) is 21.7 Å². The number of imide groups is 1. The molecule has 25 nitrogen and oxygen atoms in total. The third-order valence-corrected chi connectivity index (χ3v) is 14.6. The van der Waals surface area contributed by atoms with Gasteiger partial charge in [-0.05, 0) is 84.7 Å². The monoisotopic (exact) mass is 1150 g/mol. The number of aliphatic carboxylic acids is 1. The molecule has 3 aliphatic rings. The van der Waals surface area contributed by atoms with Gasteiger partial charge in [-0.2, -0.15) is 0 Å². The minimum atomic E-state index is -1.93. The first-order chi connectivity index (χ1) is 39.2. The molecular weight excluding hydrogens is 1090 g/mol. The number of aliphatic hydroxyl groups is 3. The molecule has 4 aromatic carbocycles.